The van der Waals surface area contributed by atoms with Crippen molar-refractivity contribution in [2.24, 2.45) is 11.8 Å². The van der Waals surface area contributed by atoms with Crippen LogP contribution in [0.5, 0.6) is 0 Å². The first kappa shape index (κ1) is 11.8. The van der Waals surface area contributed by atoms with Gasteiger partial charge < -0.3 is 4.42 Å². The number of nitrogens with zero attached hydrogens (tertiary/aromatic N) is 3. The molecule has 2 heterocycles. The maximum atomic E-state index is 5.61. The quantitative estimate of drug-likeness (QED) is 0.811. The van der Waals surface area contributed by atoms with Gasteiger partial charge in [-0.25, -0.2) is 0 Å². The highest BCUT2D eigenvalue weighted by atomic mass is 16.4. The van der Waals surface area contributed by atoms with Crippen LogP contribution in [0.15, 0.2) is 28.8 Å². The summed E-state index contributed by atoms with van der Waals surface area (Å²) in [4.78, 5) is 4.18. The molecule has 2 aromatic heterocycles. The molecule has 0 aliphatic carbocycles. The SMILES string of the molecule is CC(C)C(C)Cc1nnc(-c2ccccn2)o1. The molecule has 4 nitrogen and oxygen atoms in total. The van der Waals surface area contributed by atoms with Gasteiger partial charge in [0.2, 0.25) is 5.89 Å². The Morgan fingerprint density at radius 2 is 2.00 bits per heavy atom. The largest absolute Gasteiger partial charge is 0.419 e. The topological polar surface area (TPSA) is 51.8 Å². The van der Waals surface area contributed by atoms with E-state index in [0.29, 0.717) is 23.6 Å². The molecule has 0 aromatic carbocycles. The van der Waals surface area contributed by atoms with Crippen molar-refractivity contribution >= 4 is 0 Å². The molecule has 0 spiro atoms. The molecule has 1 unspecified atom stereocenters. The van der Waals surface area contributed by atoms with E-state index in [1.54, 1.807) is 6.20 Å². The lowest BCUT2D eigenvalue weighted by atomic mass is 9.95. The number of hydrogen-bond donors (Lipinski definition) is 0. The van der Waals surface area contributed by atoms with Gasteiger partial charge in [-0.2, -0.15) is 0 Å². The van der Waals surface area contributed by atoms with Crippen LogP contribution >= 0.6 is 0 Å². The zero-order valence-corrected chi connectivity index (χ0v) is 10.4. The van der Waals surface area contributed by atoms with Gasteiger partial charge in [0.25, 0.3) is 5.89 Å². The standard InChI is InChI=1S/C13H17N3O/c1-9(2)10(3)8-12-15-16-13(17-12)11-6-4-5-7-14-11/h4-7,9-10H,8H2,1-3H3. The molecule has 0 aliphatic rings. The van der Waals surface area contributed by atoms with Gasteiger partial charge in [-0.3, -0.25) is 4.98 Å². The van der Waals surface area contributed by atoms with E-state index in [0.717, 1.165) is 12.1 Å². The minimum Gasteiger partial charge on any atom is -0.419 e. The molecule has 90 valence electrons. The summed E-state index contributed by atoms with van der Waals surface area (Å²) in [6.07, 6.45) is 2.54. The third-order valence-corrected chi connectivity index (χ3v) is 2.99. The van der Waals surface area contributed by atoms with Crippen molar-refractivity contribution in [1.29, 1.82) is 0 Å². The molecule has 0 amide bonds. The predicted octanol–water partition coefficient (Wildman–Crippen LogP) is 2.97. The maximum absolute atomic E-state index is 5.61. The van der Waals surface area contributed by atoms with Crippen molar-refractivity contribution in [2.75, 3.05) is 0 Å². The van der Waals surface area contributed by atoms with Gasteiger partial charge in [-0.15, -0.1) is 10.2 Å². The Balaban J connectivity index is 2.12. The Morgan fingerprint density at radius 3 is 2.65 bits per heavy atom. The van der Waals surface area contributed by atoms with E-state index in [1.165, 1.54) is 0 Å². The van der Waals surface area contributed by atoms with E-state index in [-0.39, 0.29) is 0 Å². The molecule has 17 heavy (non-hydrogen) atoms. The van der Waals surface area contributed by atoms with Crippen molar-refractivity contribution in [1.82, 2.24) is 15.2 Å². The van der Waals surface area contributed by atoms with Crippen LogP contribution < -0.4 is 0 Å². The molecule has 4 heteroatoms. The highest BCUT2D eigenvalue weighted by Gasteiger charge is 2.14. The Labute approximate surface area is 101 Å². The molecule has 0 saturated carbocycles. The first-order valence-corrected chi connectivity index (χ1v) is 5.90. The summed E-state index contributed by atoms with van der Waals surface area (Å²) < 4.78 is 5.61. The number of hydrogen-bond acceptors (Lipinski definition) is 4. The summed E-state index contributed by atoms with van der Waals surface area (Å²) in [5.74, 6) is 2.33. The van der Waals surface area contributed by atoms with E-state index in [2.05, 4.69) is 36.0 Å². The lowest BCUT2D eigenvalue weighted by Gasteiger charge is -2.11. The lowest BCUT2D eigenvalue weighted by Crippen LogP contribution is -2.07. The highest BCUT2D eigenvalue weighted by Crippen LogP contribution is 2.19. The fourth-order valence-electron chi connectivity index (χ4n) is 1.44. The van der Waals surface area contributed by atoms with Crippen LogP contribution in [0.2, 0.25) is 0 Å². The average molecular weight is 231 g/mol. The number of pyridine rings is 1. The van der Waals surface area contributed by atoms with Crippen LogP contribution in [0.4, 0.5) is 0 Å². The number of rotatable bonds is 4. The minimum absolute atomic E-state index is 0.497. The molecular formula is C13H17N3O. The van der Waals surface area contributed by atoms with Crippen LogP contribution in [0.25, 0.3) is 11.6 Å². The van der Waals surface area contributed by atoms with Gasteiger partial charge in [0, 0.05) is 12.6 Å². The Hall–Kier alpha value is -1.71. The first-order valence-electron chi connectivity index (χ1n) is 5.90. The fourth-order valence-corrected chi connectivity index (χ4v) is 1.44. The van der Waals surface area contributed by atoms with E-state index < -0.39 is 0 Å². The van der Waals surface area contributed by atoms with Crippen LogP contribution in [-0.2, 0) is 6.42 Å². The maximum Gasteiger partial charge on any atom is 0.266 e. The number of aromatic nitrogens is 3. The second-order valence-corrected chi connectivity index (χ2v) is 4.64. The van der Waals surface area contributed by atoms with E-state index in [1.807, 2.05) is 18.2 Å². The van der Waals surface area contributed by atoms with E-state index in [9.17, 15) is 0 Å². The van der Waals surface area contributed by atoms with Gasteiger partial charge >= 0.3 is 0 Å². The average Bonchev–Trinajstić information content (AvgIpc) is 2.78. The zero-order valence-electron chi connectivity index (χ0n) is 10.4. The van der Waals surface area contributed by atoms with Crippen molar-refractivity contribution in [3.05, 3.63) is 30.3 Å². The summed E-state index contributed by atoms with van der Waals surface area (Å²) >= 11 is 0. The van der Waals surface area contributed by atoms with Crippen LogP contribution in [0.1, 0.15) is 26.7 Å². The van der Waals surface area contributed by atoms with E-state index >= 15 is 0 Å². The Morgan fingerprint density at radius 1 is 1.18 bits per heavy atom. The van der Waals surface area contributed by atoms with Crippen LogP contribution in [0.3, 0.4) is 0 Å². The smallest absolute Gasteiger partial charge is 0.266 e. The highest BCUT2D eigenvalue weighted by molar-refractivity contribution is 5.44. The Bertz CT molecular complexity index is 465. The Kier molecular flexibility index (Phi) is 3.52. The monoisotopic (exact) mass is 231 g/mol. The van der Waals surface area contributed by atoms with Crippen molar-refractivity contribution in [3.63, 3.8) is 0 Å². The minimum atomic E-state index is 0.497. The fraction of sp³-hybridized carbons (Fsp3) is 0.462. The zero-order chi connectivity index (χ0) is 12.3. The van der Waals surface area contributed by atoms with Crippen LogP contribution in [-0.4, -0.2) is 15.2 Å². The summed E-state index contributed by atoms with van der Waals surface area (Å²) in [6, 6.07) is 5.63. The van der Waals surface area contributed by atoms with E-state index in [4.69, 9.17) is 4.42 Å². The normalized spacial score (nSPS) is 12.9. The molecule has 2 rings (SSSR count). The second kappa shape index (κ2) is 5.08. The first-order chi connectivity index (χ1) is 8.16. The molecule has 0 aliphatic heterocycles. The molecule has 0 bridgehead atoms. The lowest BCUT2D eigenvalue weighted by molar-refractivity contribution is 0.372. The summed E-state index contributed by atoms with van der Waals surface area (Å²) in [5.41, 5.74) is 0.725. The van der Waals surface area contributed by atoms with Gasteiger partial charge in [0.05, 0.1) is 0 Å². The molecule has 2 aromatic rings. The van der Waals surface area contributed by atoms with Gasteiger partial charge in [0.1, 0.15) is 5.69 Å². The molecule has 0 fully saturated rings. The van der Waals surface area contributed by atoms with Gasteiger partial charge in [-0.05, 0) is 24.0 Å². The van der Waals surface area contributed by atoms with Gasteiger partial charge in [-0.1, -0.05) is 26.8 Å². The molecular weight excluding hydrogens is 214 g/mol. The van der Waals surface area contributed by atoms with Crippen molar-refractivity contribution in [3.8, 4) is 11.6 Å². The second-order valence-electron chi connectivity index (χ2n) is 4.64. The molecule has 0 N–H and O–H groups in total. The summed E-state index contributed by atoms with van der Waals surface area (Å²) in [5, 5.41) is 8.08. The molecule has 0 radical (unpaired) electrons. The van der Waals surface area contributed by atoms with Gasteiger partial charge in [0.15, 0.2) is 0 Å². The summed E-state index contributed by atoms with van der Waals surface area (Å²) in [6.45, 7) is 6.58. The van der Waals surface area contributed by atoms with Crippen LogP contribution in [0, 0.1) is 11.8 Å². The third-order valence-electron chi connectivity index (χ3n) is 2.99. The molecule has 0 saturated heterocycles. The predicted molar refractivity (Wildman–Crippen MR) is 65.2 cm³/mol. The van der Waals surface area contributed by atoms with Crippen molar-refractivity contribution < 1.29 is 4.42 Å². The third kappa shape index (κ3) is 2.90. The summed E-state index contributed by atoms with van der Waals surface area (Å²) in [7, 11) is 0. The van der Waals surface area contributed by atoms with Crippen molar-refractivity contribution in [2.45, 2.75) is 27.2 Å². The molecule has 1 atom stereocenters.